The molecule has 1 heterocycles. The van der Waals surface area contributed by atoms with Crippen molar-refractivity contribution in [1.29, 1.82) is 0 Å². The maximum absolute atomic E-state index is 10.6. The lowest BCUT2D eigenvalue weighted by atomic mass is 10.3. The van der Waals surface area contributed by atoms with Gasteiger partial charge in [0.05, 0.1) is 0 Å². The van der Waals surface area contributed by atoms with Crippen molar-refractivity contribution in [1.82, 2.24) is 0 Å². The van der Waals surface area contributed by atoms with Gasteiger partial charge in [-0.3, -0.25) is 0 Å². The number of hydrogen-bond acceptors (Lipinski definition) is 4. The van der Waals surface area contributed by atoms with E-state index in [4.69, 9.17) is 9.94 Å². The first-order valence-corrected chi connectivity index (χ1v) is 5.41. The van der Waals surface area contributed by atoms with E-state index in [9.17, 15) is 4.79 Å². The molecule has 1 aromatic heterocycles. The van der Waals surface area contributed by atoms with Gasteiger partial charge in [-0.15, -0.1) is 11.3 Å². The fourth-order valence-corrected chi connectivity index (χ4v) is 1.69. The maximum Gasteiger partial charge on any atom is 0.345 e. The molecular weight excluding hydrogens is 214 g/mol. The van der Waals surface area contributed by atoms with E-state index in [2.05, 4.69) is 5.16 Å². The van der Waals surface area contributed by atoms with Crippen molar-refractivity contribution in [2.45, 2.75) is 26.4 Å². The number of aromatic carboxylic acids is 1. The van der Waals surface area contributed by atoms with Crippen LogP contribution in [-0.2, 0) is 11.3 Å². The Labute approximate surface area is 92.2 Å². The zero-order valence-corrected chi connectivity index (χ0v) is 9.45. The van der Waals surface area contributed by atoms with Crippen LogP contribution in [0.4, 0.5) is 0 Å². The molecule has 0 unspecified atom stereocenters. The third kappa shape index (κ3) is 4.12. The Morgan fingerprint density at radius 3 is 2.93 bits per heavy atom. The summed E-state index contributed by atoms with van der Waals surface area (Å²) in [7, 11) is 0. The standard InChI is InChI=1S/C10H13NO3S/c1-7(2)14-11-6-5-8-3-4-9(15-8)10(12)13/h3-4,6-7H,5H2,1-2H3,(H,12,13). The molecule has 0 aliphatic rings. The van der Waals surface area contributed by atoms with Gasteiger partial charge in [0.15, 0.2) is 0 Å². The molecule has 1 aromatic rings. The van der Waals surface area contributed by atoms with Crippen LogP contribution >= 0.6 is 11.3 Å². The van der Waals surface area contributed by atoms with Crippen molar-refractivity contribution in [2.75, 3.05) is 0 Å². The smallest absolute Gasteiger partial charge is 0.345 e. The Kier molecular flexibility index (Phi) is 4.30. The number of rotatable bonds is 5. The van der Waals surface area contributed by atoms with Crippen molar-refractivity contribution in [2.24, 2.45) is 5.16 Å². The second kappa shape index (κ2) is 5.50. The molecule has 0 spiro atoms. The SMILES string of the molecule is CC(C)ON=CCc1ccc(C(=O)O)s1. The van der Waals surface area contributed by atoms with Gasteiger partial charge >= 0.3 is 5.97 Å². The van der Waals surface area contributed by atoms with Crippen LogP contribution in [0.3, 0.4) is 0 Å². The van der Waals surface area contributed by atoms with E-state index in [0.29, 0.717) is 11.3 Å². The Hall–Kier alpha value is -1.36. The summed E-state index contributed by atoms with van der Waals surface area (Å²) in [6.07, 6.45) is 2.31. The minimum atomic E-state index is -0.887. The van der Waals surface area contributed by atoms with Crippen LogP contribution in [0.1, 0.15) is 28.4 Å². The zero-order chi connectivity index (χ0) is 11.3. The number of carboxylic acids is 1. The largest absolute Gasteiger partial charge is 0.477 e. The van der Waals surface area contributed by atoms with Gasteiger partial charge in [0.2, 0.25) is 0 Å². The number of nitrogens with zero attached hydrogens (tertiary/aromatic N) is 1. The highest BCUT2D eigenvalue weighted by atomic mass is 32.1. The summed E-state index contributed by atoms with van der Waals surface area (Å²) in [5.74, 6) is -0.887. The lowest BCUT2D eigenvalue weighted by Gasteiger charge is -1.99. The molecule has 4 nitrogen and oxygen atoms in total. The molecule has 0 bridgehead atoms. The first-order valence-electron chi connectivity index (χ1n) is 4.59. The van der Waals surface area contributed by atoms with Crippen molar-refractivity contribution in [3.63, 3.8) is 0 Å². The monoisotopic (exact) mass is 227 g/mol. The molecule has 0 saturated heterocycles. The third-order valence-electron chi connectivity index (χ3n) is 1.51. The summed E-state index contributed by atoms with van der Waals surface area (Å²) in [6.45, 7) is 3.79. The van der Waals surface area contributed by atoms with E-state index in [0.717, 1.165) is 4.88 Å². The summed E-state index contributed by atoms with van der Waals surface area (Å²) in [5.41, 5.74) is 0. The average molecular weight is 227 g/mol. The van der Waals surface area contributed by atoms with Gasteiger partial charge in [-0.1, -0.05) is 5.16 Å². The van der Waals surface area contributed by atoms with E-state index < -0.39 is 5.97 Å². The minimum absolute atomic E-state index is 0.0687. The Balaban J connectivity index is 2.44. The molecule has 0 aliphatic carbocycles. The molecular formula is C10H13NO3S. The van der Waals surface area contributed by atoms with Gasteiger partial charge in [0.25, 0.3) is 0 Å². The van der Waals surface area contributed by atoms with E-state index in [1.807, 2.05) is 13.8 Å². The Morgan fingerprint density at radius 1 is 1.67 bits per heavy atom. The Bertz CT molecular complexity index is 357. The highest BCUT2D eigenvalue weighted by molar-refractivity contribution is 7.14. The molecule has 0 atom stereocenters. The highest BCUT2D eigenvalue weighted by Crippen LogP contribution is 2.16. The first kappa shape index (κ1) is 11.7. The first-order chi connectivity index (χ1) is 7.09. The van der Waals surface area contributed by atoms with E-state index in [1.54, 1.807) is 18.3 Å². The number of oxime groups is 1. The molecule has 15 heavy (non-hydrogen) atoms. The third-order valence-corrected chi connectivity index (χ3v) is 2.61. The van der Waals surface area contributed by atoms with Crippen LogP contribution in [-0.4, -0.2) is 23.4 Å². The molecule has 0 fully saturated rings. The van der Waals surface area contributed by atoms with Gasteiger partial charge in [0, 0.05) is 17.5 Å². The number of thiophene rings is 1. The summed E-state index contributed by atoms with van der Waals surface area (Å²) in [5, 5.41) is 12.4. The number of hydrogen-bond donors (Lipinski definition) is 1. The lowest BCUT2D eigenvalue weighted by molar-refractivity contribution is 0.0702. The van der Waals surface area contributed by atoms with Gasteiger partial charge in [-0.05, 0) is 26.0 Å². The summed E-state index contributed by atoms with van der Waals surface area (Å²) >= 11 is 1.25. The molecule has 0 aliphatic heterocycles. The number of carboxylic acid groups (broad SMARTS) is 1. The minimum Gasteiger partial charge on any atom is -0.477 e. The molecule has 1 rings (SSSR count). The van der Waals surface area contributed by atoms with Crippen LogP contribution in [0.5, 0.6) is 0 Å². The van der Waals surface area contributed by atoms with Crippen molar-refractivity contribution < 1.29 is 14.7 Å². The molecule has 0 saturated carbocycles. The topological polar surface area (TPSA) is 58.9 Å². The van der Waals surface area contributed by atoms with Crippen LogP contribution in [0.15, 0.2) is 17.3 Å². The van der Waals surface area contributed by atoms with Crippen LogP contribution in [0.25, 0.3) is 0 Å². The zero-order valence-electron chi connectivity index (χ0n) is 8.64. The normalized spacial score (nSPS) is 11.1. The fourth-order valence-electron chi connectivity index (χ4n) is 0.895. The summed E-state index contributed by atoms with van der Waals surface area (Å²) < 4.78 is 0. The summed E-state index contributed by atoms with van der Waals surface area (Å²) in [6, 6.07) is 3.38. The lowest BCUT2D eigenvalue weighted by Crippen LogP contribution is -1.96. The van der Waals surface area contributed by atoms with Gasteiger partial charge < -0.3 is 9.94 Å². The molecule has 0 amide bonds. The van der Waals surface area contributed by atoms with Crippen molar-refractivity contribution in [3.05, 3.63) is 21.9 Å². The highest BCUT2D eigenvalue weighted by Gasteiger charge is 2.05. The van der Waals surface area contributed by atoms with Crippen LogP contribution in [0, 0.1) is 0 Å². The van der Waals surface area contributed by atoms with Gasteiger partial charge in [-0.2, -0.15) is 0 Å². The molecule has 0 radical (unpaired) electrons. The fraction of sp³-hybridized carbons (Fsp3) is 0.400. The van der Waals surface area contributed by atoms with E-state index in [1.165, 1.54) is 11.3 Å². The van der Waals surface area contributed by atoms with Crippen molar-refractivity contribution >= 4 is 23.5 Å². The second-order valence-corrected chi connectivity index (χ2v) is 4.39. The molecule has 1 N–H and O–H groups in total. The van der Waals surface area contributed by atoms with Crippen molar-refractivity contribution in [3.8, 4) is 0 Å². The van der Waals surface area contributed by atoms with Gasteiger partial charge in [0.1, 0.15) is 11.0 Å². The second-order valence-electron chi connectivity index (χ2n) is 3.22. The number of carbonyl (C=O) groups is 1. The average Bonchev–Trinajstić information content (AvgIpc) is 2.60. The van der Waals surface area contributed by atoms with Gasteiger partial charge in [-0.25, -0.2) is 4.79 Å². The van der Waals surface area contributed by atoms with Crippen LogP contribution < -0.4 is 0 Å². The maximum atomic E-state index is 10.6. The molecule has 5 heteroatoms. The van der Waals surface area contributed by atoms with E-state index in [-0.39, 0.29) is 6.10 Å². The Morgan fingerprint density at radius 2 is 2.40 bits per heavy atom. The predicted octanol–water partition coefficient (Wildman–Crippen LogP) is 2.40. The molecule has 82 valence electrons. The quantitative estimate of drug-likeness (QED) is 0.620. The van der Waals surface area contributed by atoms with E-state index >= 15 is 0 Å². The summed E-state index contributed by atoms with van der Waals surface area (Å²) in [4.78, 5) is 16.9. The predicted molar refractivity (Wildman–Crippen MR) is 59.7 cm³/mol. The molecule has 0 aromatic carbocycles. The van der Waals surface area contributed by atoms with Crippen LogP contribution in [0.2, 0.25) is 0 Å².